The smallest absolute Gasteiger partial charge is 0.404 e. The summed E-state index contributed by atoms with van der Waals surface area (Å²) in [4.78, 5) is 22.3. The van der Waals surface area contributed by atoms with Gasteiger partial charge in [-0.15, -0.1) is 0 Å². The van der Waals surface area contributed by atoms with Crippen LogP contribution in [0.25, 0.3) is 0 Å². The van der Waals surface area contributed by atoms with E-state index in [-0.39, 0.29) is 25.7 Å². The molecule has 1 rings (SSSR count). The Hall–Kier alpha value is -2.52. The minimum Gasteiger partial charge on any atom is -0.448 e. The number of nitrogens with one attached hydrogen (secondary N) is 1. The lowest BCUT2D eigenvalue weighted by Gasteiger charge is -2.09. The van der Waals surface area contributed by atoms with Crippen LogP contribution in [0.4, 0.5) is 4.79 Å². The maximum absolute atomic E-state index is 12.0. The first kappa shape index (κ1) is 15.5. The van der Waals surface area contributed by atoms with E-state index in [1.807, 2.05) is 0 Å². The lowest BCUT2D eigenvalue weighted by Crippen LogP contribution is -2.29. The van der Waals surface area contributed by atoms with Crippen LogP contribution in [0.5, 0.6) is 0 Å². The number of aliphatic hydroxyl groups excluding tert-OH is 1. The molecule has 0 aliphatic carbocycles. The molecule has 0 radical (unpaired) electrons. The van der Waals surface area contributed by atoms with Gasteiger partial charge in [0.2, 0.25) is 0 Å². The van der Waals surface area contributed by atoms with Crippen LogP contribution >= 0.6 is 0 Å². The molecular weight excluding hydrogens is 260 g/mol. The number of hydrogen-bond acceptors (Lipinski definition) is 4. The number of nitrogens with two attached hydrogens (primary N) is 1. The molecule has 0 unspecified atom stereocenters. The van der Waals surface area contributed by atoms with E-state index in [0.717, 1.165) is 5.56 Å². The quantitative estimate of drug-likeness (QED) is 0.538. The van der Waals surface area contributed by atoms with Crippen molar-refractivity contribution < 1.29 is 19.4 Å². The third-order valence-electron chi connectivity index (χ3n) is 2.51. The Kier molecular flexibility index (Phi) is 6.07. The SMILES string of the molecule is Cc1c(C#CCO)cccc1C(=O)NCCOC(N)=O. The van der Waals surface area contributed by atoms with E-state index < -0.39 is 6.09 Å². The molecule has 0 fully saturated rings. The molecule has 106 valence electrons. The average molecular weight is 276 g/mol. The Bertz CT molecular complexity index is 558. The Morgan fingerprint density at radius 3 is 2.85 bits per heavy atom. The van der Waals surface area contributed by atoms with E-state index in [9.17, 15) is 9.59 Å². The van der Waals surface area contributed by atoms with E-state index in [2.05, 4.69) is 21.9 Å². The summed E-state index contributed by atoms with van der Waals surface area (Å²) < 4.78 is 4.51. The number of benzene rings is 1. The Morgan fingerprint density at radius 2 is 2.20 bits per heavy atom. The van der Waals surface area contributed by atoms with Crippen LogP contribution in [0.3, 0.4) is 0 Å². The van der Waals surface area contributed by atoms with Crippen LogP contribution in [0, 0.1) is 18.8 Å². The summed E-state index contributed by atoms with van der Waals surface area (Å²) in [5, 5.41) is 11.3. The normalized spacial score (nSPS) is 9.30. The number of carbonyl (C=O) groups excluding carboxylic acids is 2. The van der Waals surface area contributed by atoms with Crippen molar-refractivity contribution in [2.45, 2.75) is 6.92 Å². The molecule has 0 aromatic heterocycles. The number of carbonyl (C=O) groups is 2. The number of primary amides is 1. The summed E-state index contributed by atoms with van der Waals surface area (Å²) in [6.07, 6.45) is -0.878. The standard InChI is InChI=1S/C14H16N2O4/c1-10-11(5-3-8-17)4-2-6-12(10)13(18)16-7-9-20-14(15)19/h2,4,6,17H,7-9H2,1H3,(H2,15,19)(H,16,18). The predicted octanol–water partition coefficient (Wildman–Crippen LogP) is 0.164. The number of ether oxygens (including phenoxy) is 1. The molecule has 0 saturated carbocycles. The van der Waals surface area contributed by atoms with Crippen molar-refractivity contribution in [3.63, 3.8) is 0 Å². The third-order valence-corrected chi connectivity index (χ3v) is 2.51. The van der Waals surface area contributed by atoms with Crippen molar-refractivity contribution in [3.05, 3.63) is 34.9 Å². The molecular formula is C14H16N2O4. The van der Waals surface area contributed by atoms with Crippen LogP contribution in [0.15, 0.2) is 18.2 Å². The van der Waals surface area contributed by atoms with Crippen molar-refractivity contribution in [1.29, 1.82) is 0 Å². The first-order valence-corrected chi connectivity index (χ1v) is 5.96. The molecule has 0 bridgehead atoms. The lowest BCUT2D eigenvalue weighted by atomic mass is 10.0. The highest BCUT2D eigenvalue weighted by atomic mass is 16.5. The summed E-state index contributed by atoms with van der Waals surface area (Å²) in [6.45, 7) is 1.73. The fourth-order valence-electron chi connectivity index (χ4n) is 1.56. The number of rotatable bonds is 4. The second kappa shape index (κ2) is 7.81. The van der Waals surface area contributed by atoms with Crippen LogP contribution < -0.4 is 11.1 Å². The van der Waals surface area contributed by atoms with E-state index in [1.54, 1.807) is 25.1 Å². The first-order chi connectivity index (χ1) is 9.56. The summed E-state index contributed by atoms with van der Waals surface area (Å²) in [6, 6.07) is 5.15. The fourth-order valence-corrected chi connectivity index (χ4v) is 1.56. The molecule has 0 atom stereocenters. The van der Waals surface area contributed by atoms with Crippen molar-refractivity contribution in [2.75, 3.05) is 19.8 Å². The van der Waals surface area contributed by atoms with Crippen molar-refractivity contribution in [3.8, 4) is 11.8 Å². The number of aliphatic hydroxyl groups is 1. The Labute approximate surface area is 116 Å². The van der Waals surface area contributed by atoms with Crippen molar-refractivity contribution in [1.82, 2.24) is 5.32 Å². The second-order valence-corrected chi connectivity index (χ2v) is 3.86. The zero-order valence-electron chi connectivity index (χ0n) is 11.1. The van der Waals surface area contributed by atoms with Gasteiger partial charge in [0.1, 0.15) is 13.2 Å². The molecule has 0 aliphatic rings. The molecule has 1 aromatic rings. The molecule has 0 saturated heterocycles. The summed E-state index contributed by atoms with van der Waals surface area (Å²) in [5.74, 6) is 5.02. The van der Waals surface area contributed by atoms with Crippen molar-refractivity contribution >= 4 is 12.0 Å². The molecule has 0 spiro atoms. The highest BCUT2D eigenvalue weighted by Gasteiger charge is 2.10. The largest absolute Gasteiger partial charge is 0.448 e. The van der Waals surface area contributed by atoms with Gasteiger partial charge in [-0.05, 0) is 24.6 Å². The molecule has 0 aliphatic heterocycles. The fraction of sp³-hybridized carbons (Fsp3) is 0.286. The van der Waals surface area contributed by atoms with Gasteiger partial charge in [-0.2, -0.15) is 0 Å². The van der Waals surface area contributed by atoms with Gasteiger partial charge in [-0.25, -0.2) is 4.79 Å². The second-order valence-electron chi connectivity index (χ2n) is 3.86. The number of hydrogen-bond donors (Lipinski definition) is 3. The summed E-state index contributed by atoms with van der Waals surface area (Å²) in [5.41, 5.74) is 6.69. The van der Waals surface area contributed by atoms with Crippen molar-refractivity contribution in [2.24, 2.45) is 5.73 Å². The molecule has 4 N–H and O–H groups in total. The monoisotopic (exact) mass is 276 g/mol. The average Bonchev–Trinajstić information content (AvgIpc) is 2.42. The van der Waals surface area contributed by atoms with E-state index in [1.165, 1.54) is 0 Å². The summed E-state index contributed by atoms with van der Waals surface area (Å²) in [7, 11) is 0. The molecule has 0 heterocycles. The zero-order chi connectivity index (χ0) is 15.0. The molecule has 1 aromatic carbocycles. The first-order valence-electron chi connectivity index (χ1n) is 5.96. The van der Waals surface area contributed by atoms with E-state index in [0.29, 0.717) is 11.1 Å². The highest BCUT2D eigenvalue weighted by molar-refractivity contribution is 5.96. The van der Waals surface area contributed by atoms with Gasteiger partial charge in [-0.1, -0.05) is 17.9 Å². The maximum Gasteiger partial charge on any atom is 0.404 e. The van der Waals surface area contributed by atoms with Gasteiger partial charge in [0.25, 0.3) is 5.91 Å². The topological polar surface area (TPSA) is 102 Å². The third kappa shape index (κ3) is 4.63. The van der Waals surface area contributed by atoms with E-state index >= 15 is 0 Å². The highest BCUT2D eigenvalue weighted by Crippen LogP contribution is 2.12. The van der Waals surface area contributed by atoms with Gasteiger partial charge in [0.05, 0.1) is 6.54 Å². The molecule has 2 amide bonds. The van der Waals surface area contributed by atoms with Gasteiger partial charge < -0.3 is 20.9 Å². The summed E-state index contributed by atoms with van der Waals surface area (Å²) >= 11 is 0. The molecule has 6 nitrogen and oxygen atoms in total. The zero-order valence-corrected chi connectivity index (χ0v) is 11.1. The van der Waals surface area contributed by atoms with Crippen LogP contribution in [-0.4, -0.2) is 36.9 Å². The van der Waals surface area contributed by atoms with Crippen LogP contribution in [0.1, 0.15) is 21.5 Å². The van der Waals surface area contributed by atoms with Gasteiger partial charge >= 0.3 is 6.09 Å². The minimum absolute atomic E-state index is 0.0180. The predicted molar refractivity (Wildman–Crippen MR) is 73.0 cm³/mol. The Balaban J connectivity index is 2.71. The van der Waals surface area contributed by atoms with Gasteiger partial charge in [-0.3, -0.25) is 4.79 Å². The van der Waals surface area contributed by atoms with Gasteiger partial charge in [0.15, 0.2) is 0 Å². The Morgan fingerprint density at radius 1 is 1.45 bits per heavy atom. The minimum atomic E-state index is -0.878. The van der Waals surface area contributed by atoms with Gasteiger partial charge in [0, 0.05) is 11.1 Å². The van der Waals surface area contributed by atoms with Crippen LogP contribution in [0.2, 0.25) is 0 Å². The maximum atomic E-state index is 12.0. The lowest BCUT2D eigenvalue weighted by molar-refractivity contribution is 0.0936. The molecule has 20 heavy (non-hydrogen) atoms. The van der Waals surface area contributed by atoms with Crippen LogP contribution in [-0.2, 0) is 4.74 Å². The molecule has 6 heteroatoms. The number of amides is 2. The van der Waals surface area contributed by atoms with E-state index in [4.69, 9.17) is 10.8 Å².